The molecule has 0 unspecified atom stereocenters. The molecule has 0 atom stereocenters. The van der Waals surface area contributed by atoms with Gasteiger partial charge in [-0.25, -0.2) is 0 Å². The fourth-order valence-electron chi connectivity index (χ4n) is 1.51. The van der Waals surface area contributed by atoms with Crippen molar-refractivity contribution in [3.8, 4) is 0 Å². The first-order chi connectivity index (χ1) is 8.56. The van der Waals surface area contributed by atoms with E-state index in [0.29, 0.717) is 19.3 Å². The fourth-order valence-corrected chi connectivity index (χ4v) is 1.51. The van der Waals surface area contributed by atoms with Gasteiger partial charge in [-0.05, 0) is 19.3 Å². The normalized spacial score (nSPS) is 10.1. The van der Waals surface area contributed by atoms with Crippen LogP contribution in [0.4, 0.5) is 0 Å². The van der Waals surface area contributed by atoms with Crippen LogP contribution in [0.3, 0.4) is 0 Å². The molecule has 0 bridgehead atoms. The van der Waals surface area contributed by atoms with Gasteiger partial charge in [0, 0.05) is 19.3 Å². The Balaban J connectivity index is 3.35. The topological polar surface area (TPSA) is 80.7 Å². The number of carboxylic acids is 1. The van der Waals surface area contributed by atoms with Gasteiger partial charge in [-0.2, -0.15) is 0 Å². The van der Waals surface area contributed by atoms with Gasteiger partial charge in [0.05, 0.1) is 0 Å². The summed E-state index contributed by atoms with van der Waals surface area (Å²) < 4.78 is 4.59. The number of carboxylic acid groups (broad SMARTS) is 1. The highest BCUT2D eigenvalue weighted by Crippen LogP contribution is 2.08. The smallest absolute Gasteiger partial charge is 0.313 e. The predicted octanol–water partition coefficient (Wildman–Crippen LogP) is 2.67. The molecule has 0 aliphatic heterocycles. The van der Waals surface area contributed by atoms with Gasteiger partial charge in [0.2, 0.25) is 0 Å². The van der Waals surface area contributed by atoms with Gasteiger partial charge in [-0.3, -0.25) is 14.4 Å². The molecule has 0 aromatic rings. The first-order valence-electron chi connectivity index (χ1n) is 6.51. The molecular weight excluding hydrogens is 236 g/mol. The Hall–Kier alpha value is -1.39. The van der Waals surface area contributed by atoms with E-state index in [4.69, 9.17) is 5.11 Å². The predicted molar refractivity (Wildman–Crippen MR) is 66.0 cm³/mol. The quantitative estimate of drug-likeness (QED) is 0.370. The molecule has 104 valence electrons. The third kappa shape index (κ3) is 11.1. The molecule has 0 aliphatic rings. The Labute approximate surface area is 108 Å². The summed E-state index contributed by atoms with van der Waals surface area (Å²) in [5, 5.41) is 8.42. The fraction of sp³-hybridized carbons (Fsp3) is 0.769. The van der Waals surface area contributed by atoms with Crippen molar-refractivity contribution in [2.24, 2.45) is 0 Å². The van der Waals surface area contributed by atoms with E-state index in [1.807, 2.05) is 6.92 Å². The van der Waals surface area contributed by atoms with Crippen LogP contribution >= 0.6 is 0 Å². The highest BCUT2D eigenvalue weighted by molar-refractivity contribution is 5.85. The maximum Gasteiger partial charge on any atom is 0.313 e. The SMILES string of the molecule is CCCC(=O)OC(=O)CCCCCCCC(=O)O. The summed E-state index contributed by atoms with van der Waals surface area (Å²) >= 11 is 0. The second-order valence-electron chi connectivity index (χ2n) is 4.26. The number of carbonyl (C=O) groups is 3. The van der Waals surface area contributed by atoms with Gasteiger partial charge in [0.25, 0.3) is 0 Å². The lowest BCUT2D eigenvalue weighted by atomic mass is 10.1. The molecule has 0 aromatic heterocycles. The van der Waals surface area contributed by atoms with E-state index < -0.39 is 17.9 Å². The van der Waals surface area contributed by atoms with Gasteiger partial charge < -0.3 is 9.84 Å². The maximum atomic E-state index is 11.2. The van der Waals surface area contributed by atoms with Crippen LogP contribution in [0, 0.1) is 0 Å². The monoisotopic (exact) mass is 258 g/mol. The number of hydrogen-bond donors (Lipinski definition) is 1. The largest absolute Gasteiger partial charge is 0.481 e. The lowest BCUT2D eigenvalue weighted by molar-refractivity contribution is -0.159. The maximum absolute atomic E-state index is 11.2. The second-order valence-corrected chi connectivity index (χ2v) is 4.26. The minimum Gasteiger partial charge on any atom is -0.481 e. The van der Waals surface area contributed by atoms with E-state index >= 15 is 0 Å². The lowest BCUT2D eigenvalue weighted by Crippen LogP contribution is -2.11. The van der Waals surface area contributed by atoms with E-state index in [2.05, 4.69) is 4.74 Å². The molecule has 0 aromatic carbocycles. The van der Waals surface area contributed by atoms with Crippen molar-refractivity contribution in [3.05, 3.63) is 0 Å². The van der Waals surface area contributed by atoms with E-state index in [1.54, 1.807) is 0 Å². The molecule has 0 spiro atoms. The number of aliphatic carboxylic acids is 1. The van der Waals surface area contributed by atoms with Crippen LogP contribution in [-0.4, -0.2) is 23.0 Å². The van der Waals surface area contributed by atoms with E-state index in [9.17, 15) is 14.4 Å². The van der Waals surface area contributed by atoms with E-state index in [1.165, 1.54) is 0 Å². The van der Waals surface area contributed by atoms with Crippen LogP contribution in [0.1, 0.15) is 64.7 Å². The molecule has 0 saturated carbocycles. The standard InChI is InChI=1S/C13H22O5/c1-2-8-12(16)18-13(17)10-7-5-3-4-6-9-11(14)15/h2-10H2,1H3,(H,14,15). The van der Waals surface area contributed by atoms with Crippen LogP contribution in [0.25, 0.3) is 0 Å². The summed E-state index contributed by atoms with van der Waals surface area (Å²) in [4.78, 5) is 32.4. The second kappa shape index (κ2) is 10.7. The zero-order valence-corrected chi connectivity index (χ0v) is 10.9. The average molecular weight is 258 g/mol. The molecule has 0 radical (unpaired) electrons. The average Bonchev–Trinajstić information content (AvgIpc) is 2.27. The van der Waals surface area contributed by atoms with Crippen molar-refractivity contribution in [1.82, 2.24) is 0 Å². The van der Waals surface area contributed by atoms with Crippen molar-refractivity contribution < 1.29 is 24.2 Å². The van der Waals surface area contributed by atoms with Crippen LogP contribution in [-0.2, 0) is 19.1 Å². The first kappa shape index (κ1) is 16.6. The van der Waals surface area contributed by atoms with Gasteiger partial charge in [0.15, 0.2) is 0 Å². The van der Waals surface area contributed by atoms with Crippen molar-refractivity contribution in [2.75, 3.05) is 0 Å². The summed E-state index contributed by atoms with van der Waals surface area (Å²) in [6.45, 7) is 1.85. The molecular formula is C13H22O5. The molecule has 5 heteroatoms. The number of unbranched alkanes of at least 4 members (excludes halogenated alkanes) is 4. The molecule has 1 N–H and O–H groups in total. The highest BCUT2D eigenvalue weighted by atomic mass is 16.6. The van der Waals surface area contributed by atoms with Gasteiger partial charge in [0.1, 0.15) is 0 Å². The van der Waals surface area contributed by atoms with Crippen LogP contribution in [0.5, 0.6) is 0 Å². The van der Waals surface area contributed by atoms with Crippen molar-refractivity contribution in [2.45, 2.75) is 64.7 Å². The van der Waals surface area contributed by atoms with Crippen molar-refractivity contribution in [3.63, 3.8) is 0 Å². The number of ether oxygens (including phenoxy) is 1. The Morgan fingerprint density at radius 3 is 1.89 bits per heavy atom. The minimum absolute atomic E-state index is 0.202. The molecule has 18 heavy (non-hydrogen) atoms. The first-order valence-corrected chi connectivity index (χ1v) is 6.51. The highest BCUT2D eigenvalue weighted by Gasteiger charge is 2.08. The number of hydrogen-bond acceptors (Lipinski definition) is 4. The molecule has 0 saturated heterocycles. The van der Waals surface area contributed by atoms with Crippen molar-refractivity contribution in [1.29, 1.82) is 0 Å². The molecule has 0 fully saturated rings. The summed E-state index contributed by atoms with van der Waals surface area (Å²) in [6.07, 6.45) is 5.40. The summed E-state index contributed by atoms with van der Waals surface area (Å²) in [5.74, 6) is -1.68. The summed E-state index contributed by atoms with van der Waals surface area (Å²) in [7, 11) is 0. The molecule has 0 aliphatic carbocycles. The van der Waals surface area contributed by atoms with E-state index in [0.717, 1.165) is 19.3 Å². The molecule has 0 rings (SSSR count). The van der Waals surface area contributed by atoms with Gasteiger partial charge in [-0.1, -0.05) is 26.2 Å². The lowest BCUT2D eigenvalue weighted by Gasteiger charge is -2.02. The van der Waals surface area contributed by atoms with Gasteiger partial charge >= 0.3 is 17.9 Å². The van der Waals surface area contributed by atoms with Crippen molar-refractivity contribution >= 4 is 17.9 Å². The Morgan fingerprint density at radius 1 is 0.833 bits per heavy atom. The summed E-state index contributed by atoms with van der Waals surface area (Å²) in [5.41, 5.74) is 0. The van der Waals surface area contributed by atoms with Gasteiger partial charge in [-0.15, -0.1) is 0 Å². The summed E-state index contributed by atoms with van der Waals surface area (Å²) in [6, 6.07) is 0. The van der Waals surface area contributed by atoms with Crippen LogP contribution in [0.2, 0.25) is 0 Å². The Kier molecular flexibility index (Phi) is 9.91. The number of esters is 2. The zero-order valence-electron chi connectivity index (χ0n) is 10.9. The van der Waals surface area contributed by atoms with Crippen LogP contribution < -0.4 is 0 Å². The zero-order chi connectivity index (χ0) is 13.8. The molecule has 0 heterocycles. The van der Waals surface area contributed by atoms with E-state index in [-0.39, 0.29) is 19.3 Å². The minimum atomic E-state index is -0.770. The number of carbonyl (C=O) groups excluding carboxylic acids is 2. The Morgan fingerprint density at radius 2 is 1.33 bits per heavy atom. The number of rotatable bonds is 10. The third-order valence-corrected chi connectivity index (χ3v) is 2.45. The third-order valence-electron chi connectivity index (χ3n) is 2.45. The molecule has 5 nitrogen and oxygen atoms in total. The van der Waals surface area contributed by atoms with Crippen LogP contribution in [0.15, 0.2) is 0 Å². The molecule has 0 amide bonds. The Bertz CT molecular complexity index is 273.